The van der Waals surface area contributed by atoms with E-state index < -0.39 is 15.8 Å². The first-order chi connectivity index (χ1) is 11.4. The second-order valence-corrected chi connectivity index (χ2v) is 7.36. The van der Waals surface area contributed by atoms with Crippen molar-refractivity contribution >= 4 is 38.3 Å². The van der Waals surface area contributed by atoms with Crippen molar-refractivity contribution in [1.82, 2.24) is 3.97 Å². The first-order valence-corrected chi connectivity index (χ1v) is 9.08. The number of hydrogen-bond donors (Lipinski definition) is 0. The topological polar surface area (TPSA) is 56.1 Å². The van der Waals surface area contributed by atoms with Crippen LogP contribution in [0.25, 0.3) is 10.9 Å². The van der Waals surface area contributed by atoms with Crippen molar-refractivity contribution in [3.63, 3.8) is 0 Å². The first kappa shape index (κ1) is 16.7. The molecule has 0 bridgehead atoms. The van der Waals surface area contributed by atoms with E-state index in [-0.39, 0.29) is 23.0 Å². The fourth-order valence-electron chi connectivity index (χ4n) is 2.54. The van der Waals surface area contributed by atoms with Crippen molar-refractivity contribution in [2.24, 2.45) is 0 Å². The molecule has 0 spiro atoms. The molecular weight excluding hydrogens is 353 g/mol. The second kappa shape index (κ2) is 6.37. The summed E-state index contributed by atoms with van der Waals surface area (Å²) in [5.74, 6) is -0.957. The predicted octanol–water partition coefficient (Wildman–Crippen LogP) is 3.37. The number of alkyl halides is 1. The molecule has 0 aliphatic rings. The monoisotopic (exact) mass is 365 g/mol. The molecule has 0 radical (unpaired) electrons. The van der Waals surface area contributed by atoms with Crippen LogP contribution in [-0.4, -0.2) is 24.1 Å². The lowest BCUT2D eigenvalue weighted by Crippen LogP contribution is -2.12. The molecule has 7 heteroatoms. The van der Waals surface area contributed by atoms with Gasteiger partial charge in [0.1, 0.15) is 5.82 Å². The number of benzene rings is 2. The van der Waals surface area contributed by atoms with Crippen LogP contribution in [-0.2, 0) is 21.2 Å². The Hall–Kier alpha value is -2.18. The molecular formula is C17H13ClFNO3S. The Morgan fingerprint density at radius 2 is 1.83 bits per heavy atom. The molecule has 124 valence electrons. The van der Waals surface area contributed by atoms with Crippen LogP contribution >= 0.6 is 11.6 Å². The van der Waals surface area contributed by atoms with Crippen molar-refractivity contribution in [2.75, 3.05) is 5.88 Å². The van der Waals surface area contributed by atoms with E-state index in [1.807, 2.05) is 0 Å². The van der Waals surface area contributed by atoms with E-state index in [1.165, 1.54) is 36.5 Å². The summed E-state index contributed by atoms with van der Waals surface area (Å²) in [5, 5.41) is 0.382. The van der Waals surface area contributed by atoms with Gasteiger partial charge < -0.3 is 0 Å². The Morgan fingerprint density at radius 1 is 1.12 bits per heavy atom. The second-order valence-electron chi connectivity index (χ2n) is 5.28. The lowest BCUT2D eigenvalue weighted by Gasteiger charge is -2.07. The van der Waals surface area contributed by atoms with E-state index in [2.05, 4.69) is 0 Å². The molecule has 1 heterocycles. The van der Waals surface area contributed by atoms with Gasteiger partial charge in [0.05, 0.1) is 16.3 Å². The molecule has 0 saturated carbocycles. The predicted molar refractivity (Wildman–Crippen MR) is 90.4 cm³/mol. The highest BCUT2D eigenvalue weighted by Crippen LogP contribution is 2.27. The number of ketones is 1. The van der Waals surface area contributed by atoms with Crippen LogP contribution in [0.1, 0.15) is 5.56 Å². The van der Waals surface area contributed by atoms with Gasteiger partial charge in [0.25, 0.3) is 10.0 Å². The van der Waals surface area contributed by atoms with Gasteiger partial charge in [-0.15, -0.1) is 11.6 Å². The van der Waals surface area contributed by atoms with E-state index in [0.717, 1.165) is 3.97 Å². The highest BCUT2D eigenvalue weighted by molar-refractivity contribution is 7.90. The molecule has 0 N–H and O–H groups in total. The summed E-state index contributed by atoms with van der Waals surface area (Å²) in [6, 6.07) is 11.7. The number of nitrogens with zero attached hydrogens (tertiary/aromatic N) is 1. The molecule has 3 rings (SSSR count). The normalized spacial score (nSPS) is 11.8. The summed E-state index contributed by atoms with van der Waals surface area (Å²) >= 11 is 5.53. The minimum atomic E-state index is -3.85. The van der Waals surface area contributed by atoms with Crippen molar-refractivity contribution in [3.8, 4) is 0 Å². The van der Waals surface area contributed by atoms with E-state index in [1.54, 1.807) is 18.2 Å². The molecule has 0 amide bonds. The summed E-state index contributed by atoms with van der Waals surface area (Å²) in [6.07, 6.45) is 1.30. The van der Waals surface area contributed by atoms with Crippen LogP contribution in [0, 0.1) is 5.82 Å². The standard InChI is InChI=1S/C17H13ClFNO3S/c18-10-14(21)8-12-11-20(17-7-6-13(19)9-16(12)17)24(22,23)15-4-2-1-3-5-15/h1-7,9,11H,8,10H2. The number of Topliss-reactive ketones (excluding diaryl/α,β-unsaturated/α-hetero) is 1. The summed E-state index contributed by atoms with van der Waals surface area (Å²) < 4.78 is 40.4. The fraction of sp³-hybridized carbons (Fsp3) is 0.118. The first-order valence-electron chi connectivity index (χ1n) is 7.11. The number of halogens is 2. The zero-order valence-corrected chi connectivity index (χ0v) is 14.0. The Morgan fingerprint density at radius 3 is 2.50 bits per heavy atom. The molecule has 2 aromatic carbocycles. The van der Waals surface area contributed by atoms with Crippen LogP contribution in [0.4, 0.5) is 4.39 Å². The lowest BCUT2D eigenvalue weighted by atomic mass is 10.1. The van der Waals surface area contributed by atoms with Crippen LogP contribution in [0.2, 0.25) is 0 Å². The number of aromatic nitrogens is 1. The van der Waals surface area contributed by atoms with E-state index >= 15 is 0 Å². The minimum absolute atomic E-state index is 0.0548. The van der Waals surface area contributed by atoms with Gasteiger partial charge in [-0.3, -0.25) is 4.79 Å². The molecule has 0 unspecified atom stereocenters. The minimum Gasteiger partial charge on any atom is -0.298 e. The number of carbonyl (C=O) groups excluding carboxylic acids is 1. The molecule has 24 heavy (non-hydrogen) atoms. The molecule has 1 aromatic heterocycles. The van der Waals surface area contributed by atoms with E-state index in [4.69, 9.17) is 11.6 Å². The van der Waals surface area contributed by atoms with Crippen LogP contribution in [0.3, 0.4) is 0 Å². The number of fused-ring (bicyclic) bond motifs is 1. The Labute approximate surface area is 143 Å². The zero-order valence-electron chi connectivity index (χ0n) is 12.4. The largest absolute Gasteiger partial charge is 0.298 e. The van der Waals surface area contributed by atoms with Crippen molar-refractivity contribution < 1.29 is 17.6 Å². The lowest BCUT2D eigenvalue weighted by molar-refractivity contribution is -0.116. The van der Waals surface area contributed by atoms with Gasteiger partial charge in [-0.05, 0) is 35.9 Å². The highest BCUT2D eigenvalue weighted by atomic mass is 35.5. The molecule has 4 nitrogen and oxygen atoms in total. The van der Waals surface area contributed by atoms with Crippen LogP contribution in [0.15, 0.2) is 59.6 Å². The average Bonchev–Trinajstić information content (AvgIpc) is 2.94. The van der Waals surface area contributed by atoms with Crippen LogP contribution in [0.5, 0.6) is 0 Å². The van der Waals surface area contributed by atoms with E-state index in [0.29, 0.717) is 16.5 Å². The third kappa shape index (κ3) is 2.95. The third-order valence-corrected chi connectivity index (χ3v) is 5.64. The average molecular weight is 366 g/mol. The van der Waals surface area contributed by atoms with Gasteiger partial charge in [0.15, 0.2) is 5.78 Å². The summed E-state index contributed by atoms with van der Waals surface area (Å²) in [4.78, 5) is 11.8. The summed E-state index contributed by atoms with van der Waals surface area (Å²) in [5.41, 5.74) is 0.743. The highest BCUT2D eigenvalue weighted by Gasteiger charge is 2.22. The molecule has 0 aliphatic carbocycles. The molecule has 0 atom stereocenters. The number of rotatable bonds is 5. The third-order valence-electron chi connectivity index (χ3n) is 3.65. The maximum Gasteiger partial charge on any atom is 0.268 e. The van der Waals surface area contributed by atoms with Crippen molar-refractivity contribution in [3.05, 3.63) is 66.1 Å². The smallest absolute Gasteiger partial charge is 0.268 e. The summed E-state index contributed by atoms with van der Waals surface area (Å²) in [7, 11) is -3.85. The van der Waals surface area contributed by atoms with Crippen molar-refractivity contribution in [1.29, 1.82) is 0 Å². The van der Waals surface area contributed by atoms with Crippen molar-refractivity contribution in [2.45, 2.75) is 11.3 Å². The molecule has 0 saturated heterocycles. The van der Waals surface area contributed by atoms with Gasteiger partial charge in [0.2, 0.25) is 0 Å². The van der Waals surface area contributed by atoms with Gasteiger partial charge in [0, 0.05) is 18.0 Å². The molecule has 3 aromatic rings. The number of hydrogen-bond acceptors (Lipinski definition) is 3. The maximum atomic E-state index is 13.6. The maximum absolute atomic E-state index is 13.6. The van der Waals surface area contributed by atoms with E-state index in [9.17, 15) is 17.6 Å². The summed E-state index contributed by atoms with van der Waals surface area (Å²) in [6.45, 7) is 0. The Bertz CT molecular complexity index is 1010. The van der Waals surface area contributed by atoms with Gasteiger partial charge in [-0.25, -0.2) is 16.8 Å². The van der Waals surface area contributed by atoms with Gasteiger partial charge >= 0.3 is 0 Å². The Kier molecular flexibility index (Phi) is 4.43. The molecule has 0 aliphatic heterocycles. The Balaban J connectivity index is 2.24. The zero-order chi connectivity index (χ0) is 17.3. The van der Waals surface area contributed by atoms with Gasteiger partial charge in [-0.2, -0.15) is 0 Å². The quantitative estimate of drug-likeness (QED) is 0.651. The number of carbonyl (C=O) groups is 1. The fourth-order valence-corrected chi connectivity index (χ4v) is 4.05. The van der Waals surface area contributed by atoms with Crippen LogP contribution < -0.4 is 0 Å². The SMILES string of the molecule is O=C(CCl)Cc1cn(S(=O)(=O)c2ccccc2)c2ccc(F)cc12. The van der Waals surface area contributed by atoms with Gasteiger partial charge in [-0.1, -0.05) is 18.2 Å². The molecule has 0 fully saturated rings.